The van der Waals surface area contributed by atoms with Crippen molar-refractivity contribution in [3.8, 4) is 17.2 Å². The first-order valence-electron chi connectivity index (χ1n) is 9.38. The third-order valence-corrected chi connectivity index (χ3v) is 4.06. The normalized spacial score (nSPS) is 11.1. The van der Waals surface area contributed by atoms with E-state index in [-0.39, 0.29) is 0 Å². The second kappa shape index (κ2) is 11.7. The van der Waals surface area contributed by atoms with Gasteiger partial charge in [0.05, 0.1) is 12.8 Å². The summed E-state index contributed by atoms with van der Waals surface area (Å²) in [6.07, 6.45) is 6.33. The molecular formula is C23H29NO4. The Labute approximate surface area is 167 Å². The first-order valence-corrected chi connectivity index (χ1v) is 9.38. The smallest absolute Gasteiger partial charge is 0.127 e. The molecule has 0 aromatic heterocycles. The maximum absolute atomic E-state index is 6.06. The van der Waals surface area contributed by atoms with Gasteiger partial charge in [0.25, 0.3) is 0 Å². The lowest BCUT2D eigenvalue weighted by atomic mass is 10.1. The number of benzene rings is 2. The van der Waals surface area contributed by atoms with Crippen molar-refractivity contribution in [1.29, 1.82) is 0 Å². The van der Waals surface area contributed by atoms with Crippen LogP contribution in [0.3, 0.4) is 0 Å². The second-order valence-corrected chi connectivity index (χ2v) is 6.29. The number of allylic oxidation sites excluding steroid dienone is 1. The van der Waals surface area contributed by atoms with Crippen molar-refractivity contribution in [1.82, 2.24) is 0 Å². The van der Waals surface area contributed by atoms with Crippen LogP contribution in [-0.4, -0.2) is 33.1 Å². The fourth-order valence-corrected chi connectivity index (χ4v) is 2.76. The van der Waals surface area contributed by atoms with Crippen LogP contribution in [0.25, 0.3) is 0 Å². The zero-order valence-electron chi connectivity index (χ0n) is 17.1. The fraction of sp³-hybridized carbons (Fsp3) is 0.348. The van der Waals surface area contributed by atoms with E-state index in [0.29, 0.717) is 19.8 Å². The molecule has 0 radical (unpaired) electrons. The molecule has 0 unspecified atom stereocenters. The topological polar surface area (TPSA) is 49.3 Å². The molecule has 0 saturated heterocycles. The minimum Gasteiger partial charge on any atom is -0.493 e. The molecule has 0 fully saturated rings. The summed E-state index contributed by atoms with van der Waals surface area (Å²) in [5.41, 5.74) is 3.30. The molecule has 0 heterocycles. The number of rotatable bonds is 11. The first kappa shape index (κ1) is 21.4. The molecule has 2 rings (SSSR count). The number of oxime groups is 1. The van der Waals surface area contributed by atoms with E-state index in [9.17, 15) is 0 Å². The summed E-state index contributed by atoms with van der Waals surface area (Å²) in [5.74, 6) is 2.58. The second-order valence-electron chi connectivity index (χ2n) is 6.29. The maximum Gasteiger partial charge on any atom is 0.127 e. The van der Waals surface area contributed by atoms with Crippen molar-refractivity contribution in [3.05, 3.63) is 65.2 Å². The molecule has 0 aliphatic carbocycles. The van der Waals surface area contributed by atoms with E-state index in [0.717, 1.165) is 40.4 Å². The summed E-state index contributed by atoms with van der Waals surface area (Å²) in [5, 5.41) is 3.65. The monoisotopic (exact) mass is 383 g/mol. The van der Waals surface area contributed by atoms with E-state index in [2.05, 4.69) is 16.1 Å². The fourth-order valence-electron chi connectivity index (χ4n) is 2.76. The third kappa shape index (κ3) is 6.99. The predicted octanol–water partition coefficient (Wildman–Crippen LogP) is 4.89. The van der Waals surface area contributed by atoms with Gasteiger partial charge in [-0.1, -0.05) is 29.4 Å². The first-order chi connectivity index (χ1) is 13.6. The van der Waals surface area contributed by atoms with Gasteiger partial charge in [-0.2, -0.15) is 0 Å². The SMILES string of the molecule is C/C=C/COc1cc(C)c(OCCc2cccc(OC/C=N\OC)c2)c(C)c1. The molecule has 0 aliphatic rings. The Balaban J connectivity index is 1.89. The molecule has 0 N–H and O–H groups in total. The Kier molecular flexibility index (Phi) is 8.92. The van der Waals surface area contributed by atoms with Gasteiger partial charge in [-0.15, -0.1) is 0 Å². The molecule has 0 aliphatic heterocycles. The molecule has 0 amide bonds. The van der Waals surface area contributed by atoms with Crippen LogP contribution in [0, 0.1) is 13.8 Å². The molecular weight excluding hydrogens is 354 g/mol. The van der Waals surface area contributed by atoms with Gasteiger partial charge in [0.1, 0.15) is 37.6 Å². The largest absolute Gasteiger partial charge is 0.493 e. The highest BCUT2D eigenvalue weighted by Crippen LogP contribution is 2.28. The highest BCUT2D eigenvalue weighted by molar-refractivity contribution is 5.58. The lowest BCUT2D eigenvalue weighted by Crippen LogP contribution is -2.05. The van der Waals surface area contributed by atoms with Gasteiger partial charge in [-0.05, 0) is 61.7 Å². The van der Waals surface area contributed by atoms with Crippen LogP contribution in [-0.2, 0) is 11.3 Å². The van der Waals surface area contributed by atoms with E-state index < -0.39 is 0 Å². The van der Waals surface area contributed by atoms with E-state index in [4.69, 9.17) is 14.2 Å². The van der Waals surface area contributed by atoms with Crippen molar-refractivity contribution in [2.24, 2.45) is 5.16 Å². The lowest BCUT2D eigenvalue weighted by molar-refractivity contribution is 0.212. The highest BCUT2D eigenvalue weighted by atomic mass is 16.6. The van der Waals surface area contributed by atoms with Crippen LogP contribution in [0.2, 0.25) is 0 Å². The number of hydrogen-bond donors (Lipinski definition) is 0. The highest BCUT2D eigenvalue weighted by Gasteiger charge is 2.08. The molecule has 0 saturated carbocycles. The van der Waals surface area contributed by atoms with Gasteiger partial charge in [0.15, 0.2) is 0 Å². The molecule has 0 atom stereocenters. The zero-order valence-corrected chi connectivity index (χ0v) is 17.1. The minimum absolute atomic E-state index is 0.370. The summed E-state index contributed by atoms with van der Waals surface area (Å²) < 4.78 is 17.4. The minimum atomic E-state index is 0.370. The van der Waals surface area contributed by atoms with Crippen molar-refractivity contribution >= 4 is 6.21 Å². The molecule has 5 nitrogen and oxygen atoms in total. The van der Waals surface area contributed by atoms with Gasteiger partial charge < -0.3 is 19.0 Å². The Hall–Kier alpha value is -2.95. The van der Waals surface area contributed by atoms with Gasteiger partial charge in [0, 0.05) is 6.42 Å². The summed E-state index contributed by atoms with van der Waals surface area (Å²) in [7, 11) is 1.50. The van der Waals surface area contributed by atoms with Crippen molar-refractivity contribution < 1.29 is 19.0 Å². The van der Waals surface area contributed by atoms with Crippen LogP contribution in [0.1, 0.15) is 23.6 Å². The number of nitrogens with zero attached hydrogens (tertiary/aromatic N) is 1. The van der Waals surface area contributed by atoms with E-state index in [1.54, 1.807) is 6.21 Å². The third-order valence-electron chi connectivity index (χ3n) is 4.06. The quantitative estimate of drug-likeness (QED) is 0.315. The number of hydrogen-bond acceptors (Lipinski definition) is 5. The Morgan fingerprint density at radius 1 is 0.929 bits per heavy atom. The van der Waals surface area contributed by atoms with Crippen LogP contribution >= 0.6 is 0 Å². The van der Waals surface area contributed by atoms with Crippen LogP contribution < -0.4 is 14.2 Å². The maximum atomic E-state index is 6.06. The van der Waals surface area contributed by atoms with Gasteiger partial charge in [-0.3, -0.25) is 0 Å². The van der Waals surface area contributed by atoms with E-state index >= 15 is 0 Å². The van der Waals surface area contributed by atoms with E-state index in [1.165, 1.54) is 7.11 Å². The van der Waals surface area contributed by atoms with Crippen LogP contribution in [0.5, 0.6) is 17.2 Å². The standard InChI is InChI=1S/C23H29NO4/c1-5-6-12-26-22-15-18(2)23(19(3)16-22)28-13-10-20-8-7-9-21(17-20)27-14-11-24-25-4/h5-9,11,15-17H,10,12-14H2,1-4H3/b6-5+,24-11-. The molecule has 0 spiro atoms. The number of aryl methyl sites for hydroxylation is 2. The van der Waals surface area contributed by atoms with Crippen molar-refractivity contribution in [3.63, 3.8) is 0 Å². The van der Waals surface area contributed by atoms with E-state index in [1.807, 2.05) is 63.3 Å². The van der Waals surface area contributed by atoms with Gasteiger partial charge in [-0.25, -0.2) is 0 Å². The van der Waals surface area contributed by atoms with Crippen LogP contribution in [0.15, 0.2) is 53.7 Å². The van der Waals surface area contributed by atoms with Crippen LogP contribution in [0.4, 0.5) is 0 Å². The Morgan fingerprint density at radius 2 is 1.68 bits per heavy atom. The molecule has 28 heavy (non-hydrogen) atoms. The molecule has 2 aromatic carbocycles. The Bertz CT molecular complexity index is 776. The average Bonchev–Trinajstić information content (AvgIpc) is 2.68. The molecule has 5 heteroatoms. The lowest BCUT2D eigenvalue weighted by Gasteiger charge is -2.14. The molecule has 150 valence electrons. The van der Waals surface area contributed by atoms with Crippen molar-refractivity contribution in [2.75, 3.05) is 26.9 Å². The summed E-state index contributed by atoms with van der Waals surface area (Å²) in [6.45, 7) is 7.60. The predicted molar refractivity (Wildman–Crippen MR) is 113 cm³/mol. The average molecular weight is 383 g/mol. The van der Waals surface area contributed by atoms with Gasteiger partial charge in [0.2, 0.25) is 0 Å². The Morgan fingerprint density at radius 3 is 2.39 bits per heavy atom. The summed E-state index contributed by atoms with van der Waals surface area (Å²) in [4.78, 5) is 4.61. The zero-order chi connectivity index (χ0) is 20.2. The van der Waals surface area contributed by atoms with Crippen molar-refractivity contribution in [2.45, 2.75) is 27.2 Å². The summed E-state index contributed by atoms with van der Waals surface area (Å²) in [6, 6.07) is 12.0. The van der Waals surface area contributed by atoms with Gasteiger partial charge >= 0.3 is 0 Å². The summed E-state index contributed by atoms with van der Waals surface area (Å²) >= 11 is 0. The molecule has 0 bridgehead atoms. The molecule has 2 aromatic rings. The number of ether oxygens (including phenoxy) is 3.